The first kappa shape index (κ1) is 15.4. The highest BCUT2D eigenvalue weighted by atomic mass is 19.3. The molecule has 1 unspecified atom stereocenters. The van der Waals surface area contributed by atoms with E-state index in [1.807, 2.05) is 0 Å². The normalized spacial score (nSPS) is 18.5. The van der Waals surface area contributed by atoms with Gasteiger partial charge in [-0.1, -0.05) is 18.2 Å². The molecular formula is C13H13F4N2O2. The van der Waals surface area contributed by atoms with Crippen molar-refractivity contribution in [2.45, 2.75) is 24.8 Å². The molecule has 0 aromatic heterocycles. The van der Waals surface area contributed by atoms with Crippen LogP contribution in [0.2, 0.25) is 0 Å². The first-order valence-electron chi connectivity index (χ1n) is 6.26. The summed E-state index contributed by atoms with van der Waals surface area (Å²) in [6.07, 6.45) is -4.80. The molecule has 2 rings (SSSR count). The summed E-state index contributed by atoms with van der Waals surface area (Å²) in [5.74, 6) is -3.81. The number of halogens is 4. The van der Waals surface area contributed by atoms with Gasteiger partial charge in [0, 0.05) is 5.56 Å². The third-order valence-corrected chi connectivity index (χ3v) is 3.02. The van der Waals surface area contributed by atoms with E-state index in [9.17, 15) is 22.4 Å². The fraction of sp³-hybridized carbons (Fsp3) is 0.462. The van der Waals surface area contributed by atoms with E-state index >= 15 is 0 Å². The molecule has 0 aliphatic carbocycles. The lowest BCUT2D eigenvalue weighted by Gasteiger charge is -2.18. The molecular weight excluding hydrogens is 292 g/mol. The molecule has 1 aliphatic heterocycles. The predicted molar refractivity (Wildman–Crippen MR) is 65.8 cm³/mol. The highest BCUT2D eigenvalue weighted by Gasteiger charge is 2.40. The number of hydrogen-bond donors (Lipinski definition) is 1. The van der Waals surface area contributed by atoms with Gasteiger partial charge in [-0.3, -0.25) is 0 Å². The lowest BCUT2D eigenvalue weighted by molar-refractivity contribution is -0.137. The molecule has 1 aromatic carbocycles. The molecule has 0 bridgehead atoms. The van der Waals surface area contributed by atoms with Gasteiger partial charge in [-0.2, -0.15) is 0 Å². The summed E-state index contributed by atoms with van der Waals surface area (Å²) in [7, 11) is 0. The minimum Gasteiger partial charge on any atom is -0.493 e. The monoisotopic (exact) mass is 305 g/mol. The van der Waals surface area contributed by atoms with Gasteiger partial charge in [0.05, 0.1) is 25.6 Å². The highest BCUT2D eigenvalue weighted by molar-refractivity contribution is 5.76. The zero-order valence-corrected chi connectivity index (χ0v) is 10.9. The Morgan fingerprint density at radius 1 is 1.38 bits per heavy atom. The van der Waals surface area contributed by atoms with Gasteiger partial charge in [0.25, 0.3) is 0 Å². The maximum Gasteiger partial charge on any atom is 0.336 e. The van der Waals surface area contributed by atoms with Gasteiger partial charge in [0.15, 0.2) is 0 Å². The average molecular weight is 305 g/mol. The Hall–Kier alpha value is -1.99. The number of urea groups is 1. The largest absolute Gasteiger partial charge is 0.493 e. The van der Waals surface area contributed by atoms with Crippen molar-refractivity contribution in [1.29, 1.82) is 0 Å². The number of carbonyl (C=O) groups excluding carboxylic acids is 1. The fourth-order valence-electron chi connectivity index (χ4n) is 1.90. The summed E-state index contributed by atoms with van der Waals surface area (Å²) in [5, 5.41) is 6.23. The van der Waals surface area contributed by atoms with Crippen LogP contribution in [0.25, 0.3) is 0 Å². The van der Waals surface area contributed by atoms with Crippen LogP contribution in [0.3, 0.4) is 0 Å². The molecule has 1 saturated heterocycles. The van der Waals surface area contributed by atoms with E-state index in [2.05, 4.69) is 10.6 Å². The van der Waals surface area contributed by atoms with E-state index < -0.39 is 37.4 Å². The van der Waals surface area contributed by atoms with Crippen LogP contribution in [0.4, 0.5) is 22.4 Å². The van der Waals surface area contributed by atoms with Crippen LogP contribution in [0, 0.1) is 0 Å². The number of carbonyl (C=O) groups is 1. The molecule has 1 radical (unpaired) electrons. The van der Waals surface area contributed by atoms with Crippen molar-refractivity contribution in [1.82, 2.24) is 10.6 Å². The Balaban J connectivity index is 1.99. The highest BCUT2D eigenvalue weighted by Crippen LogP contribution is 2.29. The molecule has 2 amide bonds. The quantitative estimate of drug-likeness (QED) is 0.822. The standard InChI is InChI=1S/C13H13F4N2O2/c14-11(15)13(16,17)5-6-21-10-4-2-1-3-8(10)9-7-18-12(20)19-9/h1-4,9,11H,5-7H2,(H,19,20). The van der Waals surface area contributed by atoms with Crippen molar-refractivity contribution < 1.29 is 27.1 Å². The summed E-state index contributed by atoms with van der Waals surface area (Å²) in [6.45, 7) is -0.335. The van der Waals surface area contributed by atoms with Gasteiger partial charge in [0.1, 0.15) is 5.75 Å². The van der Waals surface area contributed by atoms with Crippen LogP contribution in [0.15, 0.2) is 24.3 Å². The number of benzene rings is 1. The number of rotatable bonds is 6. The van der Waals surface area contributed by atoms with Gasteiger partial charge in [0.2, 0.25) is 0 Å². The smallest absolute Gasteiger partial charge is 0.336 e. The van der Waals surface area contributed by atoms with Crippen molar-refractivity contribution in [3.05, 3.63) is 29.8 Å². The molecule has 1 fully saturated rings. The van der Waals surface area contributed by atoms with Crippen LogP contribution in [0.5, 0.6) is 5.75 Å². The van der Waals surface area contributed by atoms with Crippen LogP contribution < -0.4 is 15.4 Å². The average Bonchev–Trinajstić information content (AvgIpc) is 2.85. The van der Waals surface area contributed by atoms with Gasteiger partial charge >= 0.3 is 18.4 Å². The van der Waals surface area contributed by atoms with Gasteiger partial charge in [-0.15, -0.1) is 0 Å². The summed E-state index contributed by atoms with van der Waals surface area (Å²) < 4.78 is 54.8. The third kappa shape index (κ3) is 3.77. The summed E-state index contributed by atoms with van der Waals surface area (Å²) in [4.78, 5) is 11.1. The van der Waals surface area contributed by atoms with E-state index in [0.29, 0.717) is 5.56 Å². The zero-order valence-electron chi connectivity index (χ0n) is 10.9. The van der Waals surface area contributed by atoms with Gasteiger partial charge in [-0.25, -0.2) is 27.7 Å². The first-order valence-corrected chi connectivity index (χ1v) is 6.26. The number of hydrogen-bond acceptors (Lipinski definition) is 2. The number of amides is 2. The number of nitrogens with zero attached hydrogens (tertiary/aromatic N) is 1. The molecule has 21 heavy (non-hydrogen) atoms. The number of ether oxygens (including phenoxy) is 1. The Morgan fingerprint density at radius 3 is 2.71 bits per heavy atom. The Kier molecular flexibility index (Phi) is 4.54. The van der Waals surface area contributed by atoms with Crippen molar-refractivity contribution >= 4 is 6.03 Å². The van der Waals surface area contributed by atoms with Crippen molar-refractivity contribution in [3.8, 4) is 5.75 Å². The minimum absolute atomic E-state index is 0.215. The van der Waals surface area contributed by atoms with E-state index in [4.69, 9.17) is 4.74 Å². The minimum atomic E-state index is -4.08. The maximum atomic E-state index is 12.8. The summed E-state index contributed by atoms with van der Waals surface area (Å²) >= 11 is 0. The second kappa shape index (κ2) is 6.19. The van der Waals surface area contributed by atoms with Crippen LogP contribution >= 0.6 is 0 Å². The van der Waals surface area contributed by atoms with Gasteiger partial charge < -0.3 is 10.1 Å². The molecule has 1 atom stereocenters. The molecule has 1 aromatic rings. The molecule has 4 nitrogen and oxygen atoms in total. The first-order chi connectivity index (χ1) is 9.90. The van der Waals surface area contributed by atoms with Crippen LogP contribution in [-0.2, 0) is 0 Å². The maximum absolute atomic E-state index is 12.8. The molecule has 1 aliphatic rings. The molecule has 8 heteroatoms. The van der Waals surface area contributed by atoms with E-state index in [1.54, 1.807) is 18.2 Å². The Labute approximate surface area is 118 Å². The molecule has 115 valence electrons. The third-order valence-electron chi connectivity index (χ3n) is 3.02. The lowest BCUT2D eigenvalue weighted by Crippen LogP contribution is -2.28. The van der Waals surface area contributed by atoms with Crippen LogP contribution in [0.1, 0.15) is 18.0 Å². The van der Waals surface area contributed by atoms with Crippen molar-refractivity contribution in [2.24, 2.45) is 0 Å². The molecule has 0 saturated carbocycles. The predicted octanol–water partition coefficient (Wildman–Crippen LogP) is 2.72. The summed E-state index contributed by atoms with van der Waals surface area (Å²) in [6, 6.07) is 5.65. The van der Waals surface area contributed by atoms with Crippen LogP contribution in [-0.4, -0.2) is 31.5 Å². The fourth-order valence-corrected chi connectivity index (χ4v) is 1.90. The summed E-state index contributed by atoms with van der Waals surface area (Å²) in [5.41, 5.74) is 0.576. The SMILES string of the molecule is O=C1[N]CC(c2ccccc2OCCC(F)(F)C(F)F)N1. The number of nitrogens with one attached hydrogen (secondary N) is 1. The zero-order chi connectivity index (χ0) is 15.5. The topological polar surface area (TPSA) is 52.4 Å². The van der Waals surface area contributed by atoms with Crippen molar-refractivity contribution in [3.63, 3.8) is 0 Å². The number of para-hydroxylation sites is 1. The van der Waals surface area contributed by atoms with Gasteiger partial charge in [-0.05, 0) is 6.07 Å². The van der Waals surface area contributed by atoms with E-state index in [0.717, 1.165) is 0 Å². The molecule has 0 spiro atoms. The van der Waals surface area contributed by atoms with Crippen molar-refractivity contribution in [2.75, 3.05) is 13.2 Å². The molecule has 1 heterocycles. The molecule has 1 N–H and O–H groups in total. The second-order valence-electron chi connectivity index (χ2n) is 4.54. The van der Waals surface area contributed by atoms with E-state index in [-0.39, 0.29) is 12.3 Å². The van der Waals surface area contributed by atoms with E-state index in [1.165, 1.54) is 6.07 Å². The Bertz CT molecular complexity index is 511. The number of alkyl halides is 4. The lowest BCUT2D eigenvalue weighted by atomic mass is 10.1. The Morgan fingerprint density at radius 2 is 2.10 bits per heavy atom. The second-order valence-corrected chi connectivity index (χ2v) is 4.54.